The molecule has 4 heterocycles. The molecule has 2 aromatic carbocycles. The van der Waals surface area contributed by atoms with Crippen LogP contribution in [0.3, 0.4) is 0 Å². The molecule has 4 aromatic heterocycles. The number of nitrogens with zero attached hydrogens (tertiary/aromatic N) is 4. The molecule has 0 bridgehead atoms. The van der Waals surface area contributed by atoms with Gasteiger partial charge in [0.2, 0.25) is 0 Å². The van der Waals surface area contributed by atoms with E-state index in [1.54, 1.807) is 24.8 Å². The number of fused-ring (bicyclic) bond motifs is 3. The molecule has 6 nitrogen and oxygen atoms in total. The summed E-state index contributed by atoms with van der Waals surface area (Å²) in [7, 11) is 0. The van der Waals surface area contributed by atoms with E-state index in [0.717, 1.165) is 45.0 Å². The van der Waals surface area contributed by atoms with Crippen molar-refractivity contribution in [3.05, 3.63) is 157 Å². The first-order valence-electron chi connectivity index (χ1n) is 12.7. The summed E-state index contributed by atoms with van der Waals surface area (Å²) in [6.45, 7) is 0. The van der Waals surface area contributed by atoms with Crippen LogP contribution in [0.1, 0.15) is 11.1 Å². The van der Waals surface area contributed by atoms with Crippen LogP contribution in [0.4, 0.5) is 0 Å². The molecule has 1 aliphatic carbocycles. The SMILES string of the molecule is N=C1C(=N)c2ccccc2-c2ccccc21.[Cl-].[Ru+2].c1ccc(-c2ccccn2)nc1.c1ccc(-c2ccccn2)nc1. The molecule has 1 aliphatic rings. The van der Waals surface area contributed by atoms with Gasteiger partial charge in [0.1, 0.15) is 0 Å². The first-order chi connectivity index (χ1) is 19.7. The summed E-state index contributed by atoms with van der Waals surface area (Å²) in [6, 6.07) is 38.8. The van der Waals surface area contributed by atoms with Gasteiger partial charge >= 0.3 is 19.5 Å². The fourth-order valence-electron chi connectivity index (χ4n) is 4.20. The third kappa shape index (κ3) is 7.73. The minimum Gasteiger partial charge on any atom is -1.00 e. The first-order valence-corrected chi connectivity index (χ1v) is 12.7. The number of pyridine rings is 4. The molecule has 6 aromatic rings. The van der Waals surface area contributed by atoms with Gasteiger partial charge in [-0.05, 0) is 59.7 Å². The van der Waals surface area contributed by atoms with Gasteiger partial charge in [0.05, 0.1) is 34.2 Å². The van der Waals surface area contributed by atoms with Crippen LogP contribution < -0.4 is 12.4 Å². The van der Waals surface area contributed by atoms with E-state index in [1.807, 2.05) is 121 Å². The Kier molecular flexibility index (Phi) is 12.1. The normalized spacial score (nSPS) is 10.6. The van der Waals surface area contributed by atoms with E-state index in [9.17, 15) is 0 Å². The summed E-state index contributed by atoms with van der Waals surface area (Å²) in [5.74, 6) is 0. The number of hydrogen-bond donors (Lipinski definition) is 2. The van der Waals surface area contributed by atoms with Crippen molar-refractivity contribution < 1.29 is 31.9 Å². The van der Waals surface area contributed by atoms with Crippen molar-refractivity contribution in [2.24, 2.45) is 0 Å². The Labute approximate surface area is 264 Å². The van der Waals surface area contributed by atoms with E-state index < -0.39 is 0 Å². The van der Waals surface area contributed by atoms with Crippen LogP contribution >= 0.6 is 0 Å². The van der Waals surface area contributed by atoms with Gasteiger partial charge in [-0.25, -0.2) is 0 Å². The second kappa shape index (κ2) is 15.9. The van der Waals surface area contributed by atoms with Crippen molar-refractivity contribution in [3.63, 3.8) is 0 Å². The van der Waals surface area contributed by atoms with Crippen molar-refractivity contribution >= 4 is 11.4 Å². The van der Waals surface area contributed by atoms with Crippen LogP contribution in [0.25, 0.3) is 33.9 Å². The number of aromatic nitrogens is 4. The quantitative estimate of drug-likeness (QED) is 0.271. The molecular formula is C34H26ClN6Ru+. The van der Waals surface area contributed by atoms with Crippen molar-refractivity contribution in [1.29, 1.82) is 10.8 Å². The molecule has 7 rings (SSSR count). The van der Waals surface area contributed by atoms with E-state index in [2.05, 4.69) is 19.9 Å². The Morgan fingerprint density at radius 2 is 0.571 bits per heavy atom. The molecular weight excluding hydrogens is 629 g/mol. The Morgan fingerprint density at radius 1 is 0.333 bits per heavy atom. The van der Waals surface area contributed by atoms with Crippen molar-refractivity contribution in [2.45, 2.75) is 0 Å². The Balaban J connectivity index is 0.000000171. The third-order valence-electron chi connectivity index (χ3n) is 6.12. The molecule has 0 fully saturated rings. The second-order valence-electron chi connectivity index (χ2n) is 8.70. The molecule has 0 aliphatic heterocycles. The predicted molar refractivity (Wildman–Crippen MR) is 160 cm³/mol. The summed E-state index contributed by atoms with van der Waals surface area (Å²) >= 11 is 0. The Bertz CT molecular complexity index is 1510. The van der Waals surface area contributed by atoms with Gasteiger partial charge < -0.3 is 12.4 Å². The molecule has 8 heteroatoms. The average Bonchev–Trinajstić information content (AvgIpc) is 3.06. The maximum absolute atomic E-state index is 7.98. The molecule has 0 atom stereocenters. The zero-order valence-corrected chi connectivity index (χ0v) is 24.9. The van der Waals surface area contributed by atoms with E-state index in [4.69, 9.17) is 10.8 Å². The average molecular weight is 655 g/mol. The van der Waals surface area contributed by atoms with Gasteiger partial charge in [0.25, 0.3) is 0 Å². The minimum atomic E-state index is 0. The molecule has 0 saturated heterocycles. The second-order valence-corrected chi connectivity index (χ2v) is 8.70. The van der Waals surface area contributed by atoms with E-state index >= 15 is 0 Å². The van der Waals surface area contributed by atoms with E-state index in [-0.39, 0.29) is 31.9 Å². The molecule has 42 heavy (non-hydrogen) atoms. The fraction of sp³-hybridized carbons (Fsp3) is 0. The topological polar surface area (TPSA) is 99.3 Å². The monoisotopic (exact) mass is 655 g/mol. The molecule has 0 saturated carbocycles. The molecule has 0 unspecified atom stereocenters. The zero-order chi connectivity index (χ0) is 27.6. The number of hydrogen-bond acceptors (Lipinski definition) is 6. The molecule has 206 valence electrons. The van der Waals surface area contributed by atoms with Crippen molar-refractivity contribution in [1.82, 2.24) is 19.9 Å². The van der Waals surface area contributed by atoms with Crippen LogP contribution in [0.15, 0.2) is 146 Å². The van der Waals surface area contributed by atoms with Crippen LogP contribution in [-0.2, 0) is 19.5 Å². The minimum absolute atomic E-state index is 0. The van der Waals surface area contributed by atoms with Gasteiger partial charge in [-0.15, -0.1) is 0 Å². The summed E-state index contributed by atoms with van der Waals surface area (Å²) in [4.78, 5) is 16.7. The van der Waals surface area contributed by atoms with Crippen molar-refractivity contribution in [2.75, 3.05) is 0 Å². The standard InChI is InChI=1S/C14H10N2.2C10H8N2.ClH.Ru/c15-13-11-7-3-1-5-9(11)10-6-2-4-8-12(10)14(13)16;2*1-3-7-11-9(5-1)10-6-2-4-8-12-10;;/h1-8,15-16H;2*1-8H;1H;/q;;;;+2/p-1. The van der Waals surface area contributed by atoms with Gasteiger partial charge in [-0.1, -0.05) is 72.8 Å². The maximum Gasteiger partial charge on any atom is 2.00 e. The summed E-state index contributed by atoms with van der Waals surface area (Å²) in [5.41, 5.74) is 8.10. The van der Waals surface area contributed by atoms with E-state index in [0.29, 0.717) is 11.4 Å². The number of halogens is 1. The summed E-state index contributed by atoms with van der Waals surface area (Å²) in [5, 5.41) is 16.0. The van der Waals surface area contributed by atoms with Crippen LogP contribution in [0, 0.1) is 10.8 Å². The smallest absolute Gasteiger partial charge is 1.00 e. The van der Waals surface area contributed by atoms with Crippen molar-refractivity contribution in [3.8, 4) is 33.9 Å². The summed E-state index contributed by atoms with van der Waals surface area (Å²) < 4.78 is 0. The largest absolute Gasteiger partial charge is 2.00 e. The number of rotatable bonds is 2. The van der Waals surface area contributed by atoms with Crippen LogP contribution in [0.5, 0.6) is 0 Å². The first kappa shape index (κ1) is 31.8. The predicted octanol–water partition coefficient (Wildman–Crippen LogP) is 4.39. The van der Waals surface area contributed by atoms with Gasteiger partial charge in [-0.2, -0.15) is 0 Å². The Hall–Kier alpha value is -4.71. The van der Waals surface area contributed by atoms with E-state index in [1.165, 1.54) is 0 Å². The van der Waals surface area contributed by atoms with Crippen LogP contribution in [-0.4, -0.2) is 31.4 Å². The van der Waals surface area contributed by atoms with Gasteiger partial charge in [0, 0.05) is 35.9 Å². The molecule has 0 amide bonds. The number of nitrogens with one attached hydrogen (secondary N) is 2. The maximum atomic E-state index is 7.98. The zero-order valence-electron chi connectivity index (χ0n) is 22.4. The van der Waals surface area contributed by atoms with Gasteiger partial charge in [0.15, 0.2) is 0 Å². The Morgan fingerprint density at radius 3 is 0.810 bits per heavy atom. The molecule has 0 radical (unpaired) electrons. The third-order valence-corrected chi connectivity index (χ3v) is 6.12. The van der Waals surface area contributed by atoms with Gasteiger partial charge in [-0.3, -0.25) is 30.8 Å². The van der Waals surface area contributed by atoms with Crippen LogP contribution in [0.2, 0.25) is 0 Å². The number of benzene rings is 2. The molecule has 2 N–H and O–H groups in total. The summed E-state index contributed by atoms with van der Waals surface area (Å²) in [6.07, 6.45) is 7.07. The fourth-order valence-corrected chi connectivity index (χ4v) is 4.20. The molecule has 0 spiro atoms.